The molecule has 0 saturated heterocycles. The van der Waals surface area contributed by atoms with E-state index >= 15 is 0 Å². The van der Waals surface area contributed by atoms with E-state index in [0.717, 1.165) is 37.7 Å². The zero-order valence-corrected chi connectivity index (χ0v) is 15.9. The van der Waals surface area contributed by atoms with Gasteiger partial charge in [0.15, 0.2) is 0 Å². The monoisotopic (exact) mass is 352 g/mol. The second kappa shape index (κ2) is 7.01. The number of ether oxygens (including phenoxy) is 1. The lowest BCUT2D eigenvalue weighted by Crippen LogP contribution is -2.33. The molecule has 0 unspecified atom stereocenters. The molecule has 0 bridgehead atoms. The normalized spacial score (nSPS) is 26.6. The number of likely N-dealkylation sites (N-methyl/N-ethyl adjacent to an activating group) is 1. The molecule has 4 rings (SSSR count). The summed E-state index contributed by atoms with van der Waals surface area (Å²) in [5.41, 5.74) is 5.06. The van der Waals surface area contributed by atoms with E-state index in [1.807, 2.05) is 13.0 Å². The lowest BCUT2D eigenvalue weighted by atomic mass is 9.86. The first-order valence-corrected chi connectivity index (χ1v) is 9.74. The van der Waals surface area contributed by atoms with Gasteiger partial charge in [-0.2, -0.15) is 0 Å². The second-order valence-corrected chi connectivity index (χ2v) is 7.48. The van der Waals surface area contributed by atoms with Gasteiger partial charge in [-0.15, -0.1) is 0 Å². The van der Waals surface area contributed by atoms with Gasteiger partial charge in [-0.05, 0) is 63.3 Å². The Labute approximate surface area is 155 Å². The van der Waals surface area contributed by atoms with E-state index in [0.29, 0.717) is 12.6 Å². The molecule has 0 amide bonds. The first-order chi connectivity index (χ1) is 12.7. The quantitative estimate of drug-likeness (QED) is 0.609. The molecule has 138 valence electrons. The molecule has 0 fully saturated rings. The van der Waals surface area contributed by atoms with Gasteiger partial charge in [-0.1, -0.05) is 24.3 Å². The Morgan fingerprint density at radius 2 is 2.12 bits per heavy atom. The van der Waals surface area contributed by atoms with Crippen molar-refractivity contribution < 1.29 is 9.53 Å². The van der Waals surface area contributed by atoms with Crippen molar-refractivity contribution in [2.24, 2.45) is 5.92 Å². The Hall–Kier alpha value is -1.91. The molecular weight excluding hydrogens is 324 g/mol. The SMILES string of the molecule is C/C=C(/C=O)[C@H]1C[C@H](OCC)n2c3c(c4ccccc42)CCN(C)[C@H]3C1. The van der Waals surface area contributed by atoms with Crippen molar-refractivity contribution in [2.75, 3.05) is 20.2 Å². The molecule has 0 radical (unpaired) electrons. The average Bonchev–Trinajstić information content (AvgIpc) is 2.88. The molecule has 4 heteroatoms. The van der Waals surface area contributed by atoms with Crippen LogP contribution in [0.4, 0.5) is 0 Å². The highest BCUT2D eigenvalue weighted by Gasteiger charge is 2.39. The van der Waals surface area contributed by atoms with Crippen LogP contribution in [0.1, 0.15) is 50.2 Å². The molecule has 0 N–H and O–H groups in total. The van der Waals surface area contributed by atoms with E-state index in [-0.39, 0.29) is 12.1 Å². The number of benzene rings is 1. The standard InChI is InChI=1S/C22H28N2O2/c1-4-15(14-25)16-12-20-22-18(10-11-23(20)3)17-8-6-7-9-19(17)24(22)21(13-16)26-5-2/h4,6-9,14,16,20-21H,5,10-13H2,1-3H3/b15-4-/t16-,20+,21+/m1/s1. The van der Waals surface area contributed by atoms with Crippen LogP contribution in [0, 0.1) is 5.92 Å². The number of aldehydes is 1. The first kappa shape index (κ1) is 17.5. The first-order valence-electron chi connectivity index (χ1n) is 9.74. The largest absolute Gasteiger partial charge is 0.358 e. The summed E-state index contributed by atoms with van der Waals surface area (Å²) in [5, 5.41) is 1.37. The summed E-state index contributed by atoms with van der Waals surface area (Å²) < 4.78 is 8.67. The Kier molecular flexibility index (Phi) is 4.72. The fraction of sp³-hybridized carbons (Fsp3) is 0.500. The van der Waals surface area contributed by atoms with E-state index in [9.17, 15) is 4.79 Å². The molecule has 2 aliphatic rings. The Balaban J connectivity index is 1.94. The number of aromatic nitrogens is 1. The van der Waals surface area contributed by atoms with Crippen LogP contribution in [0.15, 0.2) is 35.9 Å². The van der Waals surface area contributed by atoms with E-state index in [4.69, 9.17) is 4.74 Å². The maximum Gasteiger partial charge on any atom is 0.145 e. The Morgan fingerprint density at radius 1 is 1.31 bits per heavy atom. The maximum atomic E-state index is 11.7. The number of hydrogen-bond acceptors (Lipinski definition) is 3. The molecule has 4 nitrogen and oxygen atoms in total. The molecular formula is C22H28N2O2. The van der Waals surface area contributed by atoms with Crippen LogP contribution in [-0.4, -0.2) is 36.0 Å². The summed E-state index contributed by atoms with van der Waals surface area (Å²) in [6, 6.07) is 9.04. The molecule has 0 spiro atoms. The fourth-order valence-electron chi connectivity index (χ4n) is 4.95. The smallest absolute Gasteiger partial charge is 0.145 e. The third-order valence-electron chi connectivity index (χ3n) is 6.20. The number of nitrogens with zero attached hydrogens (tertiary/aromatic N) is 2. The zero-order chi connectivity index (χ0) is 18.3. The minimum absolute atomic E-state index is 0.0231. The number of para-hydroxylation sites is 1. The maximum absolute atomic E-state index is 11.7. The highest BCUT2D eigenvalue weighted by atomic mass is 16.5. The van der Waals surface area contributed by atoms with Gasteiger partial charge in [0.1, 0.15) is 12.5 Å². The highest BCUT2D eigenvalue weighted by molar-refractivity contribution is 5.86. The van der Waals surface area contributed by atoms with Crippen molar-refractivity contribution in [1.29, 1.82) is 0 Å². The molecule has 0 aliphatic carbocycles. The fourth-order valence-corrected chi connectivity index (χ4v) is 4.95. The predicted octanol–water partition coefficient (Wildman–Crippen LogP) is 4.26. The third-order valence-corrected chi connectivity index (χ3v) is 6.20. The summed E-state index contributed by atoms with van der Waals surface area (Å²) in [4.78, 5) is 14.1. The summed E-state index contributed by atoms with van der Waals surface area (Å²) in [7, 11) is 2.21. The molecule has 2 aliphatic heterocycles. The summed E-state index contributed by atoms with van der Waals surface area (Å²) >= 11 is 0. The molecule has 3 atom stereocenters. The van der Waals surface area contributed by atoms with Crippen molar-refractivity contribution >= 4 is 17.2 Å². The van der Waals surface area contributed by atoms with Gasteiger partial charge >= 0.3 is 0 Å². The number of carbonyl (C=O) groups excluding carboxylic acids is 1. The van der Waals surface area contributed by atoms with Crippen molar-refractivity contribution in [3.63, 3.8) is 0 Å². The number of allylic oxidation sites excluding steroid dienone is 2. The molecule has 26 heavy (non-hydrogen) atoms. The van der Waals surface area contributed by atoms with Crippen LogP contribution in [0.3, 0.4) is 0 Å². The average molecular weight is 352 g/mol. The predicted molar refractivity (Wildman–Crippen MR) is 104 cm³/mol. The topological polar surface area (TPSA) is 34.5 Å². The molecule has 0 saturated carbocycles. The van der Waals surface area contributed by atoms with E-state index in [1.54, 1.807) is 0 Å². The van der Waals surface area contributed by atoms with Crippen molar-refractivity contribution in [3.05, 3.63) is 47.2 Å². The van der Waals surface area contributed by atoms with Gasteiger partial charge in [0.25, 0.3) is 0 Å². The number of hydrogen-bond donors (Lipinski definition) is 0. The number of rotatable bonds is 4. The number of carbonyl (C=O) groups is 1. The van der Waals surface area contributed by atoms with E-state index in [2.05, 4.69) is 47.7 Å². The second-order valence-electron chi connectivity index (χ2n) is 7.48. The van der Waals surface area contributed by atoms with Gasteiger partial charge < -0.3 is 9.30 Å². The molecule has 3 heterocycles. The van der Waals surface area contributed by atoms with Gasteiger partial charge in [-0.25, -0.2) is 0 Å². The van der Waals surface area contributed by atoms with E-state index < -0.39 is 0 Å². The summed E-state index contributed by atoms with van der Waals surface area (Å²) in [6.07, 6.45) is 5.89. The van der Waals surface area contributed by atoms with Gasteiger partial charge in [0, 0.05) is 24.2 Å². The van der Waals surface area contributed by atoms with Crippen LogP contribution in [0.2, 0.25) is 0 Å². The van der Waals surface area contributed by atoms with Crippen molar-refractivity contribution in [2.45, 2.75) is 45.4 Å². The van der Waals surface area contributed by atoms with Gasteiger partial charge in [0.2, 0.25) is 0 Å². The highest BCUT2D eigenvalue weighted by Crippen LogP contribution is 2.46. The van der Waals surface area contributed by atoms with Gasteiger partial charge in [0.05, 0.1) is 11.6 Å². The third kappa shape index (κ3) is 2.63. The van der Waals surface area contributed by atoms with Crippen LogP contribution in [0.25, 0.3) is 10.9 Å². The van der Waals surface area contributed by atoms with Crippen molar-refractivity contribution in [3.8, 4) is 0 Å². The minimum Gasteiger partial charge on any atom is -0.358 e. The lowest BCUT2D eigenvalue weighted by molar-refractivity contribution is -0.105. The summed E-state index contributed by atoms with van der Waals surface area (Å²) in [6.45, 7) is 5.75. The van der Waals surface area contributed by atoms with Crippen LogP contribution in [-0.2, 0) is 16.0 Å². The van der Waals surface area contributed by atoms with Crippen LogP contribution >= 0.6 is 0 Å². The minimum atomic E-state index is -0.0231. The molecule has 2 aromatic rings. The molecule has 1 aromatic carbocycles. The van der Waals surface area contributed by atoms with Crippen LogP contribution in [0.5, 0.6) is 0 Å². The summed E-state index contributed by atoms with van der Waals surface area (Å²) in [5.74, 6) is 0.228. The van der Waals surface area contributed by atoms with Gasteiger partial charge in [-0.3, -0.25) is 9.69 Å². The van der Waals surface area contributed by atoms with E-state index in [1.165, 1.54) is 22.2 Å². The zero-order valence-electron chi connectivity index (χ0n) is 15.9. The lowest BCUT2D eigenvalue weighted by Gasteiger charge is -2.34. The number of fused-ring (bicyclic) bond motifs is 3. The Morgan fingerprint density at radius 3 is 2.85 bits per heavy atom. The Bertz CT molecular complexity index is 851. The van der Waals surface area contributed by atoms with Crippen molar-refractivity contribution in [1.82, 2.24) is 9.47 Å². The molecule has 1 aromatic heterocycles. The van der Waals surface area contributed by atoms with Crippen LogP contribution < -0.4 is 0 Å².